The molecule has 0 bridgehead atoms. The van der Waals surface area contributed by atoms with Crippen LogP contribution in [-0.4, -0.2) is 15.8 Å². The van der Waals surface area contributed by atoms with Crippen molar-refractivity contribution in [2.75, 3.05) is 0 Å². The van der Waals surface area contributed by atoms with Gasteiger partial charge in [-0.3, -0.25) is 9.97 Å². The third-order valence-electron chi connectivity index (χ3n) is 3.57. The normalized spacial score (nSPS) is 11.1. The van der Waals surface area contributed by atoms with Crippen LogP contribution in [-0.2, 0) is 0 Å². The maximum absolute atomic E-state index is 4.65. The second-order valence-electron chi connectivity index (χ2n) is 4.69. The highest BCUT2D eigenvalue weighted by Crippen LogP contribution is 2.41. The molecule has 3 rings (SSSR count). The van der Waals surface area contributed by atoms with E-state index in [4.69, 9.17) is 0 Å². The van der Waals surface area contributed by atoms with Gasteiger partial charge in [-0.2, -0.15) is 0 Å². The van der Waals surface area contributed by atoms with Crippen LogP contribution in [0.3, 0.4) is 0 Å². The summed E-state index contributed by atoms with van der Waals surface area (Å²) in [4.78, 5) is 9.31. The predicted octanol–water partition coefficient (Wildman–Crippen LogP) is 2.59. The van der Waals surface area contributed by atoms with Crippen LogP contribution in [0, 0.1) is 0 Å². The van der Waals surface area contributed by atoms with Crippen LogP contribution in [0.4, 0.5) is 0 Å². The minimum Gasteiger partial charge on any atom is -0.256 e. The van der Waals surface area contributed by atoms with E-state index in [1.165, 1.54) is 5.30 Å². The molecule has 0 atom stereocenters. The van der Waals surface area contributed by atoms with Crippen LogP contribution in [0.1, 0.15) is 6.92 Å². The number of hydrogen-bond acceptors (Lipinski definition) is 2. The summed E-state index contributed by atoms with van der Waals surface area (Å²) in [5, 5.41) is 1.28. The highest BCUT2D eigenvalue weighted by molar-refractivity contribution is 7.93. The zero-order valence-corrected chi connectivity index (χ0v) is 12.8. The van der Waals surface area contributed by atoms with Gasteiger partial charge in [-0.1, -0.05) is 48.3 Å². The molecular weight excluding hydrogens is 275 g/mol. The Kier molecular flexibility index (Phi) is 3.98. The lowest BCUT2D eigenvalue weighted by molar-refractivity contribution is 1.37. The van der Waals surface area contributed by atoms with Crippen molar-refractivity contribution in [3.05, 3.63) is 79.1 Å². The number of nitrogens with zero attached hydrogens (tertiary/aromatic N) is 2. The minimum atomic E-state index is -1.88. The topological polar surface area (TPSA) is 25.8 Å². The Hall–Kier alpha value is -2.18. The average Bonchev–Trinajstić information content (AvgIpc) is 2.59. The molecule has 0 saturated heterocycles. The maximum atomic E-state index is 4.65. The van der Waals surface area contributed by atoms with E-state index in [0.29, 0.717) is 0 Å². The van der Waals surface area contributed by atoms with Gasteiger partial charge in [0.15, 0.2) is 0 Å². The van der Waals surface area contributed by atoms with Gasteiger partial charge < -0.3 is 0 Å². The molecular formula is C18H17N2P. The molecule has 2 heterocycles. The number of benzene rings is 1. The Balaban J connectivity index is 2.35. The van der Waals surface area contributed by atoms with E-state index in [1.54, 1.807) is 0 Å². The lowest BCUT2D eigenvalue weighted by Crippen LogP contribution is -2.29. The fourth-order valence-electron chi connectivity index (χ4n) is 2.58. The summed E-state index contributed by atoms with van der Waals surface area (Å²) in [6.07, 6.45) is 3.72. The van der Waals surface area contributed by atoms with Crippen molar-refractivity contribution >= 4 is 28.9 Å². The number of rotatable bonds is 3. The zero-order chi connectivity index (χ0) is 14.5. The van der Waals surface area contributed by atoms with Gasteiger partial charge in [0.2, 0.25) is 0 Å². The van der Waals surface area contributed by atoms with Crippen LogP contribution in [0.2, 0.25) is 0 Å². The molecule has 0 unspecified atom stereocenters. The Labute approximate surface area is 125 Å². The smallest absolute Gasteiger partial charge is 0.0723 e. The molecule has 2 nitrogen and oxygen atoms in total. The van der Waals surface area contributed by atoms with Crippen molar-refractivity contribution in [1.82, 2.24) is 9.97 Å². The third-order valence-corrected chi connectivity index (χ3v) is 7.43. The largest absolute Gasteiger partial charge is 0.256 e. The maximum Gasteiger partial charge on any atom is 0.0723 e. The molecule has 0 spiro atoms. The van der Waals surface area contributed by atoms with E-state index < -0.39 is 6.89 Å². The van der Waals surface area contributed by atoms with Crippen molar-refractivity contribution in [2.45, 2.75) is 6.92 Å². The standard InChI is InChI=1S/C18H17N2P/c1-2-21(16-10-4-3-5-11-16,17-12-6-8-14-19-17)18-13-7-9-15-20-18/h2-15H,1H3. The fourth-order valence-corrected chi connectivity index (χ4v) is 5.96. The van der Waals surface area contributed by atoms with Crippen molar-refractivity contribution in [3.63, 3.8) is 0 Å². The quantitative estimate of drug-likeness (QED) is 0.693. The monoisotopic (exact) mass is 292 g/mol. The first kappa shape index (κ1) is 13.8. The second kappa shape index (κ2) is 6.07. The highest BCUT2D eigenvalue weighted by atomic mass is 31.2. The molecule has 3 aromatic rings. The van der Waals surface area contributed by atoms with Gasteiger partial charge in [0.25, 0.3) is 0 Å². The van der Waals surface area contributed by atoms with Crippen LogP contribution in [0.5, 0.6) is 0 Å². The van der Waals surface area contributed by atoms with Crippen LogP contribution >= 0.6 is 6.89 Å². The fraction of sp³-hybridized carbons (Fsp3) is 0.0556. The Morgan fingerprint density at radius 3 is 1.67 bits per heavy atom. The number of hydrogen-bond donors (Lipinski definition) is 0. The second-order valence-corrected chi connectivity index (χ2v) is 8.09. The van der Waals surface area contributed by atoms with Gasteiger partial charge in [-0.25, -0.2) is 0 Å². The van der Waals surface area contributed by atoms with Crippen molar-refractivity contribution < 1.29 is 0 Å². The highest BCUT2D eigenvalue weighted by Gasteiger charge is 2.26. The molecule has 0 aliphatic rings. The minimum absolute atomic E-state index is 1.09. The Morgan fingerprint density at radius 1 is 0.714 bits per heavy atom. The van der Waals surface area contributed by atoms with Gasteiger partial charge in [0.05, 0.1) is 10.9 Å². The summed E-state index contributed by atoms with van der Waals surface area (Å²) in [6.45, 7) is 0.234. The van der Waals surface area contributed by atoms with Gasteiger partial charge in [0.1, 0.15) is 0 Å². The van der Waals surface area contributed by atoms with Crippen LogP contribution < -0.4 is 16.2 Å². The molecule has 0 radical (unpaired) electrons. The molecule has 21 heavy (non-hydrogen) atoms. The molecule has 104 valence electrons. The number of aromatic nitrogens is 2. The van der Waals surface area contributed by atoms with Crippen LogP contribution in [0.25, 0.3) is 0 Å². The van der Waals surface area contributed by atoms with Crippen molar-refractivity contribution in [3.8, 4) is 0 Å². The molecule has 0 N–H and O–H groups in total. The summed E-state index contributed by atoms with van der Waals surface area (Å²) in [7, 11) is 0. The summed E-state index contributed by atoms with van der Waals surface area (Å²) in [5.41, 5.74) is 2.19. The zero-order valence-electron chi connectivity index (χ0n) is 11.9. The lowest BCUT2D eigenvalue weighted by Gasteiger charge is -2.25. The SMILES string of the molecule is CC=P(c1ccccc1)(c1ccccn1)c1ccccn1. The van der Waals surface area contributed by atoms with E-state index in [-0.39, 0.29) is 0 Å². The predicted molar refractivity (Wildman–Crippen MR) is 92.5 cm³/mol. The first-order chi connectivity index (χ1) is 10.4. The van der Waals surface area contributed by atoms with E-state index >= 15 is 0 Å². The van der Waals surface area contributed by atoms with E-state index in [2.05, 4.69) is 59.1 Å². The Morgan fingerprint density at radius 2 is 1.24 bits per heavy atom. The van der Waals surface area contributed by atoms with Crippen LogP contribution in [0.15, 0.2) is 79.1 Å². The lowest BCUT2D eigenvalue weighted by atomic mass is 10.4. The van der Waals surface area contributed by atoms with Gasteiger partial charge in [-0.15, -0.1) is 0 Å². The summed E-state index contributed by atoms with van der Waals surface area (Å²) in [5.74, 6) is 2.28. The van der Waals surface area contributed by atoms with E-state index in [9.17, 15) is 0 Å². The molecule has 1 aromatic carbocycles. The third kappa shape index (κ3) is 2.43. The van der Waals surface area contributed by atoms with Crippen molar-refractivity contribution in [2.24, 2.45) is 0 Å². The number of pyridine rings is 2. The molecule has 0 amide bonds. The van der Waals surface area contributed by atoms with Gasteiger partial charge in [0, 0.05) is 19.3 Å². The van der Waals surface area contributed by atoms with Gasteiger partial charge in [-0.05, 0) is 36.5 Å². The van der Waals surface area contributed by atoms with Gasteiger partial charge >= 0.3 is 0 Å². The average molecular weight is 292 g/mol. The molecule has 0 fully saturated rings. The summed E-state index contributed by atoms with van der Waals surface area (Å²) in [6, 6.07) is 22.8. The molecule has 0 aliphatic heterocycles. The van der Waals surface area contributed by atoms with E-state index in [0.717, 1.165) is 10.9 Å². The molecule has 2 aromatic heterocycles. The van der Waals surface area contributed by atoms with Crippen molar-refractivity contribution in [1.29, 1.82) is 0 Å². The molecule has 0 aliphatic carbocycles. The molecule has 3 heteroatoms. The summed E-state index contributed by atoms with van der Waals surface area (Å²) < 4.78 is 0. The first-order valence-electron chi connectivity index (χ1n) is 6.96. The van der Waals surface area contributed by atoms with E-state index in [1.807, 2.05) is 42.7 Å². The first-order valence-corrected chi connectivity index (χ1v) is 8.82. The molecule has 0 saturated carbocycles. The Bertz CT molecular complexity index is 650. The summed E-state index contributed by atoms with van der Waals surface area (Å²) >= 11 is 0.